The predicted octanol–water partition coefficient (Wildman–Crippen LogP) is 2.36. The monoisotopic (exact) mass is 463 g/mol. The highest BCUT2D eigenvalue weighted by molar-refractivity contribution is 5.70. The molecule has 2 N–H and O–H groups in total. The second-order valence-corrected chi connectivity index (χ2v) is 9.40. The maximum absolute atomic E-state index is 15.2. The fourth-order valence-corrected chi connectivity index (χ4v) is 5.08. The fourth-order valence-electron chi connectivity index (χ4n) is 5.08. The zero-order chi connectivity index (χ0) is 24.0. The molecule has 2 aliphatic heterocycles. The maximum atomic E-state index is 15.2. The number of benzene rings is 1. The summed E-state index contributed by atoms with van der Waals surface area (Å²) in [5.74, 6) is 1.18. The van der Waals surface area contributed by atoms with Crippen molar-refractivity contribution >= 4 is 5.82 Å². The third-order valence-electron chi connectivity index (χ3n) is 6.96. The van der Waals surface area contributed by atoms with Crippen molar-refractivity contribution in [2.75, 3.05) is 11.9 Å². The normalized spacial score (nSPS) is 26.1. The van der Waals surface area contributed by atoms with Crippen molar-refractivity contribution in [3.05, 3.63) is 30.2 Å². The number of halogens is 1. The van der Waals surface area contributed by atoms with Gasteiger partial charge in [0.1, 0.15) is 18.0 Å². The summed E-state index contributed by atoms with van der Waals surface area (Å²) in [6.07, 6.45) is 4.15. The van der Waals surface area contributed by atoms with Crippen molar-refractivity contribution in [1.82, 2.24) is 35.3 Å². The predicted molar refractivity (Wildman–Crippen MR) is 123 cm³/mol. The Morgan fingerprint density at radius 1 is 1.32 bits per heavy atom. The van der Waals surface area contributed by atoms with Crippen LogP contribution in [0.2, 0.25) is 0 Å². The molecule has 0 spiro atoms. The summed E-state index contributed by atoms with van der Waals surface area (Å²) >= 11 is 0. The van der Waals surface area contributed by atoms with Crippen LogP contribution in [0.15, 0.2) is 24.4 Å². The van der Waals surface area contributed by atoms with Gasteiger partial charge in [0, 0.05) is 31.2 Å². The number of nitriles is 1. The second-order valence-electron chi connectivity index (χ2n) is 9.40. The zero-order valence-corrected chi connectivity index (χ0v) is 19.3. The standard InChI is InChI=1S/C23H26FN9O/c1-23-8-4-5-15(28-23)20(24)16(10-23)32(2)19-12-26-22(30-29-19)14-7-6-13(9-17(14)34)21-27-18(11-25)33(3)31-21/h6-7,9,12,15-16,20,28,34H,4-5,8,10H2,1-3H3/t15-,16+,20-,23+/m1/s1. The number of rotatable bonds is 4. The van der Waals surface area contributed by atoms with Crippen LogP contribution in [-0.4, -0.2) is 65.9 Å². The van der Waals surface area contributed by atoms with Crippen LogP contribution in [0.4, 0.5) is 10.2 Å². The van der Waals surface area contributed by atoms with E-state index in [9.17, 15) is 5.11 Å². The highest BCUT2D eigenvalue weighted by Gasteiger charge is 2.47. The molecule has 2 aliphatic rings. The van der Waals surface area contributed by atoms with Gasteiger partial charge in [-0.3, -0.25) is 0 Å². The smallest absolute Gasteiger partial charge is 0.231 e. The van der Waals surface area contributed by atoms with Gasteiger partial charge in [-0.2, -0.15) is 15.3 Å². The Bertz CT molecular complexity index is 1250. The third-order valence-corrected chi connectivity index (χ3v) is 6.96. The number of aryl methyl sites for hydroxylation is 1. The number of hydrogen-bond donors (Lipinski definition) is 2. The third kappa shape index (κ3) is 3.84. The number of aromatic hydroxyl groups is 1. The number of phenolic OH excluding ortho intramolecular Hbond substituents is 1. The van der Waals surface area contributed by atoms with Gasteiger partial charge < -0.3 is 15.3 Å². The Morgan fingerprint density at radius 2 is 2.15 bits per heavy atom. The van der Waals surface area contributed by atoms with Crippen LogP contribution >= 0.6 is 0 Å². The van der Waals surface area contributed by atoms with Crippen LogP contribution < -0.4 is 10.2 Å². The lowest BCUT2D eigenvalue weighted by atomic mass is 9.74. The molecule has 11 heteroatoms. The average Bonchev–Trinajstić information content (AvgIpc) is 3.22. The average molecular weight is 464 g/mol. The second kappa shape index (κ2) is 8.29. The highest BCUT2D eigenvalue weighted by atomic mass is 19.1. The van der Waals surface area contributed by atoms with Crippen LogP contribution in [0.3, 0.4) is 0 Å². The first kappa shape index (κ1) is 22.2. The molecule has 4 atom stereocenters. The number of phenols is 1. The number of aromatic nitrogens is 6. The Morgan fingerprint density at radius 3 is 2.82 bits per heavy atom. The number of nitrogens with zero attached hydrogens (tertiary/aromatic N) is 8. The quantitative estimate of drug-likeness (QED) is 0.599. The summed E-state index contributed by atoms with van der Waals surface area (Å²) < 4.78 is 16.6. The van der Waals surface area contributed by atoms with Crippen molar-refractivity contribution in [2.45, 2.75) is 56.4 Å². The molecule has 4 heterocycles. The molecule has 2 aromatic heterocycles. The van der Waals surface area contributed by atoms with Crippen molar-refractivity contribution < 1.29 is 9.50 Å². The Balaban J connectivity index is 1.36. The Labute approximate surface area is 196 Å². The lowest BCUT2D eigenvalue weighted by molar-refractivity contribution is 0.0607. The summed E-state index contributed by atoms with van der Waals surface area (Å²) in [5, 5.41) is 35.8. The lowest BCUT2D eigenvalue weighted by Gasteiger charge is -2.51. The van der Waals surface area contributed by atoms with E-state index in [1.54, 1.807) is 25.4 Å². The summed E-state index contributed by atoms with van der Waals surface area (Å²) in [7, 11) is 3.46. The van der Waals surface area contributed by atoms with Crippen LogP contribution in [0.5, 0.6) is 5.75 Å². The van der Waals surface area contributed by atoms with Gasteiger partial charge in [0.25, 0.3) is 0 Å². The number of anilines is 1. The molecule has 2 bridgehead atoms. The molecule has 176 valence electrons. The van der Waals surface area contributed by atoms with E-state index in [1.807, 2.05) is 18.0 Å². The van der Waals surface area contributed by atoms with E-state index in [0.29, 0.717) is 29.2 Å². The van der Waals surface area contributed by atoms with E-state index >= 15 is 4.39 Å². The fraction of sp³-hybridized carbons (Fsp3) is 0.478. The number of hydrogen-bond acceptors (Lipinski definition) is 9. The summed E-state index contributed by atoms with van der Waals surface area (Å²) in [4.78, 5) is 10.4. The van der Waals surface area contributed by atoms with Crippen LogP contribution in [0.25, 0.3) is 22.8 Å². The number of fused-ring (bicyclic) bond motifs is 2. The lowest BCUT2D eigenvalue weighted by Crippen LogP contribution is -2.66. The molecule has 0 amide bonds. The van der Waals surface area contributed by atoms with Gasteiger partial charge in [-0.1, -0.05) is 6.07 Å². The zero-order valence-electron chi connectivity index (χ0n) is 19.3. The number of nitrogens with one attached hydrogen (secondary N) is 1. The van der Waals surface area contributed by atoms with Crippen molar-refractivity contribution in [3.8, 4) is 34.6 Å². The molecule has 3 aromatic rings. The van der Waals surface area contributed by atoms with E-state index in [4.69, 9.17) is 5.26 Å². The van der Waals surface area contributed by atoms with E-state index in [0.717, 1.165) is 19.3 Å². The van der Waals surface area contributed by atoms with E-state index in [1.165, 1.54) is 10.7 Å². The SMILES string of the molecule is CN(c1cnc(-c2ccc(-c3nc(C#N)n(C)n3)cc2O)nn1)[C@H]1C[C@]2(C)CCC[C@@H](N2)[C@H]1F. The van der Waals surface area contributed by atoms with Crippen molar-refractivity contribution in [2.24, 2.45) is 7.05 Å². The molecule has 0 unspecified atom stereocenters. The van der Waals surface area contributed by atoms with Crippen LogP contribution in [0, 0.1) is 11.3 Å². The minimum atomic E-state index is -1.00. The summed E-state index contributed by atoms with van der Waals surface area (Å²) in [6.45, 7) is 2.16. The largest absolute Gasteiger partial charge is 0.507 e. The maximum Gasteiger partial charge on any atom is 0.231 e. The van der Waals surface area contributed by atoms with Crippen LogP contribution in [-0.2, 0) is 7.05 Å². The van der Waals surface area contributed by atoms with E-state index in [-0.39, 0.29) is 35.0 Å². The summed E-state index contributed by atoms with van der Waals surface area (Å²) in [6, 6.07) is 6.37. The molecular formula is C23H26FN9O. The van der Waals surface area contributed by atoms with Gasteiger partial charge in [0.15, 0.2) is 17.5 Å². The first-order valence-corrected chi connectivity index (χ1v) is 11.3. The van der Waals surface area contributed by atoms with Gasteiger partial charge in [0.2, 0.25) is 5.82 Å². The molecule has 5 rings (SSSR count). The first-order valence-electron chi connectivity index (χ1n) is 11.3. The van der Waals surface area contributed by atoms with Gasteiger partial charge in [-0.05, 0) is 44.7 Å². The minimum Gasteiger partial charge on any atom is -0.507 e. The molecule has 0 aliphatic carbocycles. The van der Waals surface area contributed by atoms with Crippen molar-refractivity contribution in [1.29, 1.82) is 5.26 Å². The molecule has 0 radical (unpaired) electrons. The number of piperidine rings is 2. The number of alkyl halides is 1. The molecule has 10 nitrogen and oxygen atoms in total. The highest BCUT2D eigenvalue weighted by Crippen LogP contribution is 2.38. The van der Waals surface area contributed by atoms with Gasteiger partial charge in [0.05, 0.1) is 17.8 Å². The topological polar surface area (TPSA) is 129 Å². The molecule has 2 saturated heterocycles. The van der Waals surface area contributed by atoms with Gasteiger partial charge >= 0.3 is 0 Å². The minimum absolute atomic E-state index is 0.0608. The first-order chi connectivity index (χ1) is 16.3. The molecule has 2 fully saturated rings. The molecule has 0 saturated carbocycles. The molecule has 1 aromatic carbocycles. The van der Waals surface area contributed by atoms with E-state index < -0.39 is 6.17 Å². The van der Waals surface area contributed by atoms with Gasteiger partial charge in [-0.15, -0.1) is 10.2 Å². The van der Waals surface area contributed by atoms with Crippen molar-refractivity contribution in [3.63, 3.8) is 0 Å². The molecular weight excluding hydrogens is 437 g/mol. The van der Waals surface area contributed by atoms with Gasteiger partial charge in [-0.25, -0.2) is 14.1 Å². The summed E-state index contributed by atoms with van der Waals surface area (Å²) in [5.41, 5.74) is 0.880. The Kier molecular flexibility index (Phi) is 5.40. The Hall–Kier alpha value is -3.65. The van der Waals surface area contributed by atoms with Crippen LogP contribution in [0.1, 0.15) is 38.4 Å². The molecule has 34 heavy (non-hydrogen) atoms. The van der Waals surface area contributed by atoms with E-state index in [2.05, 4.69) is 37.5 Å².